The average Bonchev–Trinajstić information content (AvgIpc) is 3.55. The summed E-state index contributed by atoms with van der Waals surface area (Å²) in [4.78, 5) is 27.1. The zero-order chi connectivity index (χ0) is 23.9. The van der Waals surface area contributed by atoms with Crippen molar-refractivity contribution in [3.05, 3.63) is 53.6 Å². The Morgan fingerprint density at radius 1 is 1.12 bits per heavy atom. The van der Waals surface area contributed by atoms with Gasteiger partial charge in [0.1, 0.15) is 0 Å². The Balaban J connectivity index is 1.45. The lowest BCUT2D eigenvalue weighted by Gasteiger charge is -2.23. The zero-order valence-electron chi connectivity index (χ0n) is 19.5. The molecule has 0 unspecified atom stereocenters. The molecule has 1 aliphatic heterocycles. The van der Waals surface area contributed by atoms with Crippen LogP contribution in [0.3, 0.4) is 0 Å². The molecule has 1 saturated carbocycles. The molecule has 0 aromatic heterocycles. The molecule has 2 aromatic rings. The van der Waals surface area contributed by atoms with E-state index in [-0.39, 0.29) is 29.3 Å². The number of hydrogen-bond acceptors (Lipinski definition) is 4. The van der Waals surface area contributed by atoms with Crippen molar-refractivity contribution in [1.29, 1.82) is 0 Å². The molecule has 2 aromatic carbocycles. The predicted octanol–water partition coefficient (Wildman–Crippen LogP) is 3.76. The van der Waals surface area contributed by atoms with Gasteiger partial charge in [-0.05, 0) is 73.6 Å². The van der Waals surface area contributed by atoms with Crippen LogP contribution in [0.15, 0.2) is 47.4 Å². The van der Waals surface area contributed by atoms with Crippen LogP contribution in [0.4, 0.5) is 11.4 Å². The maximum Gasteiger partial charge on any atom is 0.243 e. The van der Waals surface area contributed by atoms with Gasteiger partial charge in [-0.1, -0.05) is 26.0 Å². The molecule has 0 spiro atoms. The number of hydrogen-bond donors (Lipinski definition) is 1. The van der Waals surface area contributed by atoms with Crippen molar-refractivity contribution >= 4 is 33.2 Å². The van der Waals surface area contributed by atoms with Crippen molar-refractivity contribution in [3.63, 3.8) is 0 Å². The van der Waals surface area contributed by atoms with Crippen LogP contribution >= 0.6 is 0 Å². The molecule has 1 atom stereocenters. The van der Waals surface area contributed by atoms with E-state index < -0.39 is 15.9 Å². The minimum atomic E-state index is -3.86. The third kappa shape index (κ3) is 4.82. The Hall–Kier alpha value is -2.71. The average molecular weight is 470 g/mol. The highest BCUT2D eigenvalue weighted by atomic mass is 32.2. The van der Waals surface area contributed by atoms with Crippen LogP contribution in [0.1, 0.15) is 50.7 Å². The van der Waals surface area contributed by atoms with Gasteiger partial charge in [-0.25, -0.2) is 8.42 Å². The molecule has 2 aliphatic rings. The van der Waals surface area contributed by atoms with E-state index in [9.17, 15) is 18.0 Å². The van der Waals surface area contributed by atoms with E-state index in [1.54, 1.807) is 12.1 Å². The second kappa shape index (κ2) is 8.91. The fourth-order valence-corrected chi connectivity index (χ4v) is 5.43. The number of anilines is 2. The van der Waals surface area contributed by atoms with E-state index in [1.165, 1.54) is 13.1 Å². The maximum absolute atomic E-state index is 13.1. The number of nitrogens with zero attached hydrogens (tertiary/aromatic N) is 2. The first-order valence-corrected chi connectivity index (χ1v) is 12.8. The van der Waals surface area contributed by atoms with Crippen molar-refractivity contribution in [2.24, 2.45) is 5.92 Å². The molecular formula is C25H31N3O4S. The number of rotatable bonds is 7. The van der Waals surface area contributed by atoms with E-state index in [2.05, 4.69) is 19.2 Å². The molecule has 0 bridgehead atoms. The van der Waals surface area contributed by atoms with E-state index in [0.29, 0.717) is 18.0 Å². The van der Waals surface area contributed by atoms with Crippen molar-refractivity contribution < 1.29 is 18.0 Å². The van der Waals surface area contributed by atoms with E-state index >= 15 is 0 Å². The first-order valence-electron chi connectivity index (χ1n) is 11.4. The molecule has 1 fully saturated rings. The summed E-state index contributed by atoms with van der Waals surface area (Å²) < 4.78 is 27.3. The van der Waals surface area contributed by atoms with Gasteiger partial charge >= 0.3 is 0 Å². The van der Waals surface area contributed by atoms with Gasteiger partial charge in [-0.15, -0.1) is 0 Å². The van der Waals surface area contributed by atoms with Gasteiger partial charge in [-0.2, -0.15) is 4.31 Å². The van der Waals surface area contributed by atoms with Crippen molar-refractivity contribution in [2.75, 3.05) is 23.8 Å². The highest BCUT2D eigenvalue weighted by molar-refractivity contribution is 7.89. The van der Waals surface area contributed by atoms with Gasteiger partial charge in [-0.3, -0.25) is 9.59 Å². The van der Waals surface area contributed by atoms with E-state index in [0.717, 1.165) is 34.0 Å². The lowest BCUT2D eigenvalue weighted by Crippen LogP contribution is -2.36. The van der Waals surface area contributed by atoms with Crippen LogP contribution < -0.4 is 10.2 Å². The topological polar surface area (TPSA) is 86.8 Å². The third-order valence-corrected chi connectivity index (χ3v) is 8.17. The Kier molecular flexibility index (Phi) is 6.33. The summed E-state index contributed by atoms with van der Waals surface area (Å²) in [7, 11) is -2.46. The molecular weight excluding hydrogens is 438 g/mol. The van der Waals surface area contributed by atoms with Crippen molar-refractivity contribution in [3.8, 4) is 0 Å². The third-order valence-electron chi connectivity index (χ3n) is 6.37. The number of nitrogens with one attached hydrogen (secondary N) is 1. The molecule has 0 radical (unpaired) electrons. The fraction of sp³-hybridized carbons (Fsp3) is 0.440. The van der Waals surface area contributed by atoms with Gasteiger partial charge in [0.05, 0.1) is 11.4 Å². The second-order valence-electron chi connectivity index (χ2n) is 9.41. The molecule has 7 nitrogen and oxygen atoms in total. The molecule has 176 valence electrons. The largest absolute Gasteiger partial charge is 0.325 e. The highest BCUT2D eigenvalue weighted by Crippen LogP contribution is 2.39. The zero-order valence-corrected chi connectivity index (χ0v) is 20.4. The number of amides is 2. The fourth-order valence-electron chi connectivity index (χ4n) is 4.25. The summed E-state index contributed by atoms with van der Waals surface area (Å²) in [5.74, 6) is 0.217. The van der Waals surface area contributed by atoms with Crippen LogP contribution in [0.2, 0.25) is 0 Å². The molecule has 8 heteroatoms. The molecule has 4 rings (SSSR count). The van der Waals surface area contributed by atoms with Crippen LogP contribution in [-0.2, 0) is 26.0 Å². The molecule has 33 heavy (non-hydrogen) atoms. The molecule has 0 saturated heterocycles. The van der Waals surface area contributed by atoms with Gasteiger partial charge in [0.2, 0.25) is 21.8 Å². The number of carbonyl (C=O) groups is 2. The predicted molar refractivity (Wildman–Crippen MR) is 129 cm³/mol. The van der Waals surface area contributed by atoms with Crippen molar-refractivity contribution in [2.45, 2.75) is 56.9 Å². The number of benzene rings is 2. The first-order chi connectivity index (χ1) is 15.6. The number of sulfonamides is 1. The summed E-state index contributed by atoms with van der Waals surface area (Å²) in [6, 6.07) is 12.4. The van der Waals surface area contributed by atoms with Crippen LogP contribution in [0, 0.1) is 5.92 Å². The molecule has 1 N–H and O–H groups in total. The Labute approximate surface area is 195 Å². The summed E-state index contributed by atoms with van der Waals surface area (Å²) in [5, 5.41) is 2.76. The Morgan fingerprint density at radius 2 is 1.79 bits per heavy atom. The van der Waals surface area contributed by atoms with Crippen LogP contribution in [-0.4, -0.2) is 44.2 Å². The minimum absolute atomic E-state index is 0.0108. The Bertz CT molecular complexity index is 1170. The lowest BCUT2D eigenvalue weighted by molar-refractivity contribution is -0.120. The lowest BCUT2D eigenvalue weighted by atomic mass is 10.0. The van der Waals surface area contributed by atoms with Gasteiger partial charge in [0.25, 0.3) is 0 Å². The van der Waals surface area contributed by atoms with E-state index in [1.807, 2.05) is 36.1 Å². The summed E-state index contributed by atoms with van der Waals surface area (Å²) >= 11 is 0. The second-order valence-corrected chi connectivity index (χ2v) is 11.5. The normalized spacial score (nSPS) is 18.0. The summed E-state index contributed by atoms with van der Waals surface area (Å²) in [5.41, 5.74) is 3.43. The van der Waals surface area contributed by atoms with Gasteiger partial charge in [0, 0.05) is 30.4 Å². The van der Waals surface area contributed by atoms with Gasteiger partial charge in [0.15, 0.2) is 0 Å². The molecule has 2 amide bonds. The van der Waals surface area contributed by atoms with Crippen LogP contribution in [0.25, 0.3) is 0 Å². The minimum Gasteiger partial charge on any atom is -0.325 e. The van der Waals surface area contributed by atoms with Gasteiger partial charge < -0.3 is 10.2 Å². The number of fused-ring (bicyclic) bond motifs is 1. The first kappa shape index (κ1) is 23.4. The summed E-state index contributed by atoms with van der Waals surface area (Å²) in [6.45, 7) is 5.87. The maximum atomic E-state index is 13.1. The van der Waals surface area contributed by atoms with E-state index in [4.69, 9.17) is 0 Å². The highest BCUT2D eigenvalue weighted by Gasteiger charge is 2.40. The molecule has 1 heterocycles. The van der Waals surface area contributed by atoms with Crippen molar-refractivity contribution in [1.82, 2.24) is 4.31 Å². The quantitative estimate of drug-likeness (QED) is 0.669. The standard InChI is InChI=1S/C25H31N3O4S/c1-16(2)18-7-9-21(10-8-18)26-24(29)15-27(4)33(31,32)22-11-12-23-20(14-22)13-17(3)28(23)25(30)19-5-6-19/h7-12,14,16-17,19H,5-6,13,15H2,1-4H3,(H,26,29)/t17-/m1/s1. The number of carbonyl (C=O) groups excluding carboxylic acids is 2. The Morgan fingerprint density at radius 3 is 2.39 bits per heavy atom. The molecule has 1 aliphatic carbocycles. The monoisotopic (exact) mass is 469 g/mol. The summed E-state index contributed by atoms with van der Waals surface area (Å²) in [6.07, 6.45) is 2.48. The van der Waals surface area contributed by atoms with Crippen LogP contribution in [0.5, 0.6) is 0 Å². The SMILES string of the molecule is CC(C)c1ccc(NC(=O)CN(C)S(=O)(=O)c2ccc3c(c2)C[C@@H](C)N3C(=O)C2CC2)cc1. The smallest absolute Gasteiger partial charge is 0.243 e. The number of likely N-dealkylation sites (N-methyl/N-ethyl adjacent to an activating group) is 1.